The van der Waals surface area contributed by atoms with Crippen LogP contribution in [-0.2, 0) is 29.8 Å². The summed E-state index contributed by atoms with van der Waals surface area (Å²) >= 11 is 12.8. The number of nitriles is 2. The molecular formula is C42H28Cl2N10O13S3. The van der Waals surface area contributed by atoms with Crippen LogP contribution in [0.25, 0.3) is 11.1 Å². The van der Waals surface area contributed by atoms with E-state index in [4.69, 9.17) is 28.3 Å². The number of hydrogen-bond acceptors (Lipinski definition) is 18. The van der Waals surface area contributed by atoms with Gasteiger partial charge in [-0.15, -0.1) is 20.5 Å². The molecule has 0 bridgehead atoms. The smallest absolute Gasteiger partial charge is 0.335 e. The number of pyridine rings is 1. The monoisotopic (exact) mass is 1050 g/mol. The van der Waals surface area contributed by atoms with Crippen molar-refractivity contribution in [3.63, 3.8) is 0 Å². The molecule has 356 valence electrons. The van der Waals surface area contributed by atoms with Crippen molar-refractivity contribution in [3.05, 3.63) is 117 Å². The Bertz CT molecular complexity index is 3520. The molecule has 70 heavy (non-hydrogen) atoms. The predicted molar refractivity (Wildman–Crippen MR) is 251 cm³/mol. The molecular weight excluding hydrogens is 1020 g/mol. The molecule has 0 atom stereocenters. The van der Waals surface area contributed by atoms with E-state index in [1.807, 2.05) is 12.1 Å². The number of anilines is 5. The van der Waals surface area contributed by atoms with Crippen LogP contribution in [0.5, 0.6) is 0 Å². The zero-order chi connectivity index (χ0) is 51.2. The molecule has 23 nitrogen and oxygen atoms in total. The van der Waals surface area contributed by atoms with Crippen LogP contribution in [0.1, 0.15) is 50.2 Å². The average Bonchev–Trinajstić information content (AvgIpc) is 3.65. The van der Waals surface area contributed by atoms with E-state index >= 15 is 0 Å². The number of amides is 1. The maximum atomic E-state index is 12.3. The van der Waals surface area contributed by atoms with Gasteiger partial charge in [0.15, 0.2) is 16.6 Å². The number of carboxylic acid groups (broad SMARTS) is 3. The summed E-state index contributed by atoms with van der Waals surface area (Å²) in [6.07, 6.45) is -0.746. The third-order valence-electron chi connectivity index (χ3n) is 9.39. The van der Waals surface area contributed by atoms with Crippen molar-refractivity contribution in [2.45, 2.75) is 29.6 Å². The van der Waals surface area contributed by atoms with Crippen LogP contribution in [-0.4, -0.2) is 70.1 Å². The number of carbonyl (C=O) groups is 4. The number of aromatic carboxylic acids is 2. The van der Waals surface area contributed by atoms with Crippen LogP contribution < -0.4 is 16.0 Å². The van der Waals surface area contributed by atoms with E-state index in [9.17, 15) is 65.9 Å². The number of carbonyl (C=O) groups excluding carboxylic acids is 1. The Morgan fingerprint density at radius 2 is 1.19 bits per heavy atom. The Kier molecular flexibility index (Phi) is 15.3. The van der Waals surface area contributed by atoms with Crippen LogP contribution in [0, 0.1) is 29.6 Å². The molecule has 0 aliphatic carbocycles. The molecule has 0 unspecified atom stereocenters. The summed E-state index contributed by atoms with van der Waals surface area (Å²) in [7, 11) is -9.71. The van der Waals surface area contributed by atoms with Gasteiger partial charge in [0.1, 0.15) is 38.2 Å². The van der Waals surface area contributed by atoms with E-state index in [2.05, 4.69) is 41.4 Å². The minimum absolute atomic E-state index is 0.0305. The number of benzene rings is 4. The fourth-order valence-electron chi connectivity index (χ4n) is 6.16. The minimum Gasteiger partial charge on any atom is -0.481 e. The van der Waals surface area contributed by atoms with E-state index in [0.29, 0.717) is 0 Å². The molecule has 4 aromatic carbocycles. The number of aliphatic carboxylic acids is 1. The van der Waals surface area contributed by atoms with Crippen molar-refractivity contribution in [1.29, 1.82) is 10.5 Å². The van der Waals surface area contributed by atoms with Crippen LogP contribution >= 0.6 is 34.5 Å². The second-order valence-electron chi connectivity index (χ2n) is 14.1. The number of carboxylic acids is 3. The number of hydrogen-bond donors (Lipinski definition) is 8. The highest BCUT2D eigenvalue weighted by molar-refractivity contribution is 7.86. The highest BCUT2D eigenvalue weighted by Crippen LogP contribution is 2.49. The van der Waals surface area contributed by atoms with Crippen molar-refractivity contribution in [2.75, 3.05) is 16.0 Å². The van der Waals surface area contributed by atoms with Crippen LogP contribution in [0.4, 0.5) is 50.1 Å². The number of azo groups is 2. The van der Waals surface area contributed by atoms with Gasteiger partial charge in [-0.25, -0.2) is 14.6 Å². The Labute approximate surface area is 408 Å². The average molecular weight is 1050 g/mol. The number of rotatable bonds is 17. The molecule has 0 saturated heterocycles. The molecule has 8 N–H and O–H groups in total. The Hall–Kier alpha value is -8.21. The molecule has 0 saturated carbocycles. The maximum Gasteiger partial charge on any atom is 0.335 e. The highest BCUT2D eigenvalue weighted by atomic mass is 35.5. The third-order valence-corrected chi connectivity index (χ3v) is 13.0. The molecule has 0 radical (unpaired) electrons. The largest absolute Gasteiger partial charge is 0.481 e. The first-order valence-electron chi connectivity index (χ1n) is 19.1. The van der Waals surface area contributed by atoms with Crippen molar-refractivity contribution >= 4 is 129 Å². The molecule has 0 fully saturated rings. The van der Waals surface area contributed by atoms with Crippen LogP contribution in [0.3, 0.4) is 0 Å². The number of halogens is 2. The lowest BCUT2D eigenvalue weighted by molar-refractivity contribution is -0.138. The lowest BCUT2D eigenvalue weighted by Gasteiger charge is -2.16. The number of nitrogens with one attached hydrogen (secondary N) is 3. The first kappa shape index (κ1) is 51.2. The molecule has 2 heterocycles. The van der Waals surface area contributed by atoms with Crippen LogP contribution in [0.15, 0.2) is 109 Å². The first-order chi connectivity index (χ1) is 33.0. The predicted octanol–water partition coefficient (Wildman–Crippen LogP) is 10.2. The fraction of sp³-hybridized carbons (Fsp3) is 0.0714. The van der Waals surface area contributed by atoms with Crippen molar-refractivity contribution in [2.24, 2.45) is 20.5 Å². The van der Waals surface area contributed by atoms with Gasteiger partial charge in [-0.2, -0.15) is 27.4 Å². The van der Waals surface area contributed by atoms with E-state index in [1.54, 1.807) is 0 Å². The standard InChI is InChI=1S/C42H28Cl2N10O13S3/c1-19-27(17-45)37(48-24-6-8-29(43)31(15-24)69(62,63)64)50-38(49-25-7-9-30(44)32(16-25)70(65,66)67)36(19)52-53-39-28(18-46)35(20-2-4-23(5-3-20)47-33(55)10-11-34(56)57)40(68-39)54-51-26-13-21(41(58)59)12-22(14-26)42(60)61/h2-9,12-16H,10-11H2,1H3,(H,47,55)(H,56,57)(H,58,59)(H,60,61)(H2,48,49,50)(H,62,63,64)(H,65,66,67). The molecule has 0 aliphatic rings. The minimum atomic E-state index is -4.88. The number of aromatic nitrogens is 1. The molecule has 2 aromatic heterocycles. The van der Waals surface area contributed by atoms with Gasteiger partial charge in [0.05, 0.1) is 38.8 Å². The summed E-state index contributed by atoms with van der Waals surface area (Å²) < 4.78 is 67.9. The lowest BCUT2D eigenvalue weighted by atomic mass is 10.0. The zero-order valence-corrected chi connectivity index (χ0v) is 39.0. The summed E-state index contributed by atoms with van der Waals surface area (Å²) in [4.78, 5) is 50.0. The molecule has 6 rings (SSSR count). The van der Waals surface area contributed by atoms with Gasteiger partial charge in [0.25, 0.3) is 20.2 Å². The van der Waals surface area contributed by atoms with Gasteiger partial charge in [0.2, 0.25) is 5.91 Å². The summed E-state index contributed by atoms with van der Waals surface area (Å²) in [6, 6.07) is 19.6. The van der Waals surface area contributed by atoms with Crippen LogP contribution in [0.2, 0.25) is 10.0 Å². The Morgan fingerprint density at radius 1 is 0.671 bits per heavy atom. The molecule has 0 spiro atoms. The SMILES string of the molecule is Cc1c(C#N)c(Nc2ccc(Cl)c(S(=O)(=O)O)c2)nc(Nc2ccc(Cl)c(S(=O)(=O)O)c2)c1N=Nc1sc(N=Nc2cc(C(=O)O)cc(C(=O)O)c2)c(-c2ccc(NC(=O)CCC(=O)O)cc2)c1C#N. The topological polar surface area (TPSA) is 384 Å². The van der Waals surface area contributed by atoms with E-state index in [-0.39, 0.29) is 94.4 Å². The van der Waals surface area contributed by atoms with Gasteiger partial charge >= 0.3 is 17.9 Å². The van der Waals surface area contributed by atoms with E-state index < -0.39 is 71.4 Å². The van der Waals surface area contributed by atoms with Gasteiger partial charge in [-0.1, -0.05) is 46.7 Å². The number of thiophene rings is 1. The molecule has 1 amide bonds. The Balaban J connectivity index is 1.53. The summed E-state index contributed by atoms with van der Waals surface area (Å²) in [5.74, 6) is -5.22. The van der Waals surface area contributed by atoms with Gasteiger partial charge < -0.3 is 31.3 Å². The summed E-state index contributed by atoms with van der Waals surface area (Å²) in [5, 5.41) is 73.5. The highest BCUT2D eigenvalue weighted by Gasteiger charge is 2.25. The van der Waals surface area contributed by atoms with Crippen molar-refractivity contribution < 1.29 is 60.4 Å². The fourth-order valence-corrected chi connectivity index (χ4v) is 9.08. The third kappa shape index (κ3) is 12.1. The first-order valence-corrected chi connectivity index (χ1v) is 23.6. The van der Waals surface area contributed by atoms with Gasteiger partial charge in [-0.05, 0) is 79.2 Å². The second-order valence-corrected chi connectivity index (χ2v) is 18.7. The molecule has 6 aromatic rings. The Morgan fingerprint density at radius 3 is 1.69 bits per heavy atom. The summed E-state index contributed by atoms with van der Waals surface area (Å²) in [6.45, 7) is 1.41. The lowest BCUT2D eigenvalue weighted by Crippen LogP contribution is -2.13. The molecule has 28 heteroatoms. The van der Waals surface area contributed by atoms with E-state index in [1.165, 1.54) is 43.3 Å². The number of nitrogens with zero attached hydrogens (tertiary/aromatic N) is 7. The quantitative estimate of drug-likeness (QED) is 0.0311. The second kappa shape index (κ2) is 21.0. The normalized spacial score (nSPS) is 11.5. The van der Waals surface area contributed by atoms with Crippen molar-refractivity contribution in [1.82, 2.24) is 4.98 Å². The van der Waals surface area contributed by atoms with Gasteiger partial charge in [0, 0.05) is 34.6 Å². The zero-order valence-electron chi connectivity index (χ0n) is 35.0. The molecule has 0 aliphatic heterocycles. The maximum absolute atomic E-state index is 12.3. The summed E-state index contributed by atoms with van der Waals surface area (Å²) in [5.41, 5.74) is -1.14. The van der Waals surface area contributed by atoms with Gasteiger partial charge in [-0.3, -0.25) is 18.7 Å². The van der Waals surface area contributed by atoms with Crippen molar-refractivity contribution in [3.8, 4) is 23.3 Å². The van der Waals surface area contributed by atoms with E-state index in [0.717, 1.165) is 53.8 Å².